The van der Waals surface area contributed by atoms with Gasteiger partial charge in [-0.3, -0.25) is 0 Å². The average Bonchev–Trinajstić information content (AvgIpc) is 2.61. The molecular weight excluding hydrogens is 316 g/mol. The van der Waals surface area contributed by atoms with Gasteiger partial charge < -0.3 is 9.47 Å². The van der Waals surface area contributed by atoms with Crippen molar-refractivity contribution in [2.75, 3.05) is 13.7 Å². The van der Waals surface area contributed by atoms with Crippen molar-refractivity contribution >= 4 is 24.4 Å². The van der Waals surface area contributed by atoms with Gasteiger partial charge in [-0.1, -0.05) is 60.7 Å². The molecule has 0 aliphatic rings. The predicted molar refractivity (Wildman–Crippen MR) is 101 cm³/mol. The Balaban J connectivity index is 2.51. The summed E-state index contributed by atoms with van der Waals surface area (Å²) in [6, 6.07) is 18.2. The van der Waals surface area contributed by atoms with E-state index in [0.29, 0.717) is 6.61 Å². The smallest absolute Gasteiger partial charge is 0.330 e. The minimum Gasteiger partial charge on any atom is -0.497 e. The van der Waals surface area contributed by atoms with Crippen molar-refractivity contribution in [2.24, 2.45) is 0 Å². The normalized spacial score (nSPS) is 11.9. The fraction of sp³-hybridized carbons (Fsp3) is 0.250. The van der Waals surface area contributed by atoms with Crippen LogP contribution in [0.15, 0.2) is 60.7 Å². The third-order valence-electron chi connectivity index (χ3n) is 4.12. The summed E-state index contributed by atoms with van der Waals surface area (Å²) in [6.07, 6.45) is 1.66. The number of carbonyl (C=O) groups is 1. The van der Waals surface area contributed by atoms with Crippen LogP contribution in [0.4, 0.5) is 0 Å². The number of esters is 1. The van der Waals surface area contributed by atoms with Crippen molar-refractivity contribution in [3.05, 3.63) is 66.2 Å². The first-order valence-corrected chi connectivity index (χ1v) is 11.1. The maximum Gasteiger partial charge on any atom is 0.330 e. The van der Waals surface area contributed by atoms with E-state index in [-0.39, 0.29) is 5.97 Å². The molecule has 0 saturated heterocycles. The summed E-state index contributed by atoms with van der Waals surface area (Å²) >= 11 is 0. The lowest BCUT2D eigenvalue weighted by Crippen LogP contribution is -2.43. The molecule has 0 bridgehead atoms. The molecule has 24 heavy (non-hydrogen) atoms. The second kappa shape index (κ2) is 7.97. The molecule has 0 aliphatic carbocycles. The summed E-state index contributed by atoms with van der Waals surface area (Å²) in [4.78, 5) is 12.1. The van der Waals surface area contributed by atoms with Crippen LogP contribution in [-0.4, -0.2) is 27.8 Å². The van der Waals surface area contributed by atoms with Crippen LogP contribution in [0, 0.1) is 0 Å². The minimum atomic E-state index is -2.05. The first-order chi connectivity index (χ1) is 11.5. The average molecular weight is 340 g/mol. The van der Waals surface area contributed by atoms with Crippen molar-refractivity contribution in [3.8, 4) is 5.75 Å². The Kier molecular flexibility index (Phi) is 5.98. The molecule has 0 radical (unpaired) electrons. The zero-order chi connectivity index (χ0) is 17.6. The van der Waals surface area contributed by atoms with E-state index >= 15 is 0 Å². The molecule has 126 valence electrons. The SMILES string of the molecule is CCOC(=O)/C=C(\c1ccc(OC)cc1)[Si](C)(C)c1ccccc1. The van der Waals surface area contributed by atoms with Crippen molar-refractivity contribution in [1.29, 1.82) is 0 Å². The van der Waals surface area contributed by atoms with E-state index in [9.17, 15) is 4.79 Å². The highest BCUT2D eigenvalue weighted by Gasteiger charge is 2.30. The largest absolute Gasteiger partial charge is 0.497 e. The van der Waals surface area contributed by atoms with Gasteiger partial charge >= 0.3 is 5.97 Å². The van der Waals surface area contributed by atoms with Crippen molar-refractivity contribution in [2.45, 2.75) is 20.0 Å². The molecule has 0 saturated carbocycles. The minimum absolute atomic E-state index is 0.292. The molecule has 0 heterocycles. The van der Waals surface area contributed by atoms with E-state index in [1.165, 1.54) is 5.19 Å². The molecule has 0 atom stereocenters. The summed E-state index contributed by atoms with van der Waals surface area (Å²) in [5.74, 6) is 0.508. The summed E-state index contributed by atoms with van der Waals surface area (Å²) in [5, 5.41) is 2.33. The van der Waals surface area contributed by atoms with Gasteiger partial charge in [0.15, 0.2) is 0 Å². The van der Waals surface area contributed by atoms with Crippen LogP contribution in [0.5, 0.6) is 5.75 Å². The van der Waals surface area contributed by atoms with Gasteiger partial charge in [0, 0.05) is 6.08 Å². The van der Waals surface area contributed by atoms with E-state index in [2.05, 4.69) is 25.2 Å². The molecule has 0 aromatic heterocycles. The van der Waals surface area contributed by atoms with Crippen LogP contribution in [0.2, 0.25) is 13.1 Å². The van der Waals surface area contributed by atoms with Crippen LogP contribution >= 0.6 is 0 Å². The van der Waals surface area contributed by atoms with Gasteiger partial charge in [-0.2, -0.15) is 0 Å². The zero-order valence-electron chi connectivity index (χ0n) is 14.7. The summed E-state index contributed by atoms with van der Waals surface area (Å²) in [6.45, 7) is 6.69. The summed E-state index contributed by atoms with van der Waals surface area (Å²) in [5.41, 5.74) is 1.03. The number of methoxy groups -OCH3 is 1. The van der Waals surface area contributed by atoms with Gasteiger partial charge in [-0.05, 0) is 29.8 Å². The van der Waals surface area contributed by atoms with Gasteiger partial charge in [0.2, 0.25) is 0 Å². The molecule has 0 spiro atoms. The number of carbonyl (C=O) groups excluding carboxylic acids is 1. The van der Waals surface area contributed by atoms with E-state index in [0.717, 1.165) is 16.5 Å². The van der Waals surface area contributed by atoms with Crippen LogP contribution in [-0.2, 0) is 9.53 Å². The zero-order valence-corrected chi connectivity index (χ0v) is 15.7. The Morgan fingerprint density at radius 1 is 1.04 bits per heavy atom. The quantitative estimate of drug-likeness (QED) is 0.456. The molecule has 0 N–H and O–H groups in total. The number of rotatable bonds is 6. The summed E-state index contributed by atoms with van der Waals surface area (Å²) < 4.78 is 10.4. The van der Waals surface area contributed by atoms with Crippen LogP contribution in [0.3, 0.4) is 0 Å². The highest BCUT2D eigenvalue weighted by atomic mass is 28.3. The number of ether oxygens (including phenoxy) is 2. The highest BCUT2D eigenvalue weighted by Crippen LogP contribution is 2.27. The topological polar surface area (TPSA) is 35.5 Å². The fourth-order valence-corrected chi connectivity index (χ4v) is 5.41. The molecule has 0 aliphatic heterocycles. The second-order valence-electron chi connectivity index (χ2n) is 6.03. The lowest BCUT2D eigenvalue weighted by molar-refractivity contribution is -0.137. The molecule has 0 amide bonds. The number of benzene rings is 2. The maximum atomic E-state index is 12.1. The van der Waals surface area contributed by atoms with Gasteiger partial charge in [-0.25, -0.2) is 4.79 Å². The van der Waals surface area contributed by atoms with Gasteiger partial charge in [0.25, 0.3) is 0 Å². The molecule has 0 unspecified atom stereocenters. The van der Waals surface area contributed by atoms with E-state index in [4.69, 9.17) is 9.47 Å². The molecular formula is C20H24O3Si. The van der Waals surface area contributed by atoms with Crippen molar-refractivity contribution in [1.82, 2.24) is 0 Å². The van der Waals surface area contributed by atoms with Crippen molar-refractivity contribution in [3.63, 3.8) is 0 Å². The summed E-state index contributed by atoms with van der Waals surface area (Å²) in [7, 11) is -0.404. The Morgan fingerprint density at radius 2 is 1.67 bits per heavy atom. The van der Waals surface area contributed by atoms with E-state index < -0.39 is 8.07 Å². The van der Waals surface area contributed by atoms with Crippen LogP contribution < -0.4 is 9.92 Å². The lowest BCUT2D eigenvalue weighted by atomic mass is 10.2. The highest BCUT2D eigenvalue weighted by molar-refractivity contribution is 7.04. The monoisotopic (exact) mass is 340 g/mol. The van der Waals surface area contributed by atoms with Crippen molar-refractivity contribution < 1.29 is 14.3 Å². The molecule has 0 fully saturated rings. The van der Waals surface area contributed by atoms with Crippen LogP contribution in [0.1, 0.15) is 12.5 Å². The Morgan fingerprint density at radius 3 is 2.21 bits per heavy atom. The van der Waals surface area contributed by atoms with E-state index in [1.54, 1.807) is 13.2 Å². The maximum absolute atomic E-state index is 12.1. The third-order valence-corrected chi connectivity index (χ3v) is 7.68. The first-order valence-electron chi connectivity index (χ1n) is 8.08. The number of hydrogen-bond donors (Lipinski definition) is 0. The first kappa shape index (κ1) is 18.0. The molecule has 2 rings (SSSR count). The lowest BCUT2D eigenvalue weighted by Gasteiger charge is -2.27. The standard InChI is InChI=1S/C20H24O3Si/c1-5-23-20(21)15-19(16-11-13-17(22-2)14-12-16)24(3,4)18-9-7-6-8-10-18/h6-15H,5H2,1-4H3/b19-15+. The van der Waals surface area contributed by atoms with Gasteiger partial charge in [0.1, 0.15) is 13.8 Å². The third kappa shape index (κ3) is 4.14. The molecule has 4 heteroatoms. The van der Waals surface area contributed by atoms with E-state index in [1.807, 2.05) is 49.4 Å². The Labute approximate surface area is 144 Å². The van der Waals surface area contributed by atoms with Gasteiger partial charge in [0.05, 0.1) is 13.7 Å². The number of hydrogen-bond acceptors (Lipinski definition) is 3. The Hall–Kier alpha value is -2.33. The van der Waals surface area contributed by atoms with Crippen LogP contribution in [0.25, 0.3) is 5.20 Å². The second-order valence-corrected chi connectivity index (χ2v) is 10.4. The molecule has 2 aromatic carbocycles. The molecule has 3 nitrogen and oxygen atoms in total. The molecule has 2 aromatic rings. The van der Waals surface area contributed by atoms with Gasteiger partial charge in [-0.15, -0.1) is 0 Å². The fourth-order valence-electron chi connectivity index (χ4n) is 2.71. The predicted octanol–water partition coefficient (Wildman–Crippen LogP) is 3.80. The Bertz CT molecular complexity index is 703.